The molecule has 178 valence electrons. The zero-order valence-corrected chi connectivity index (χ0v) is 22.1. The summed E-state index contributed by atoms with van der Waals surface area (Å²) in [6.07, 6.45) is 1.33. The quantitative estimate of drug-likeness (QED) is 0.388. The van der Waals surface area contributed by atoms with Crippen LogP contribution in [0.25, 0.3) is 11.0 Å². The van der Waals surface area contributed by atoms with E-state index in [2.05, 4.69) is 51.0 Å². The van der Waals surface area contributed by atoms with Gasteiger partial charge in [-0.1, -0.05) is 28.1 Å². The minimum atomic E-state index is -0.295. The molecule has 0 aliphatic rings. The predicted octanol–water partition coefficient (Wildman–Crippen LogP) is 5.09. The summed E-state index contributed by atoms with van der Waals surface area (Å²) >= 11 is 3.53. The van der Waals surface area contributed by atoms with Gasteiger partial charge in [0.25, 0.3) is 0 Å². The molecule has 0 fully saturated rings. The Morgan fingerprint density at radius 3 is 2.67 bits per heavy atom. The zero-order chi connectivity index (χ0) is 24.3. The number of aryl methyl sites for hydroxylation is 2. The molecular weight excluding hydrogens is 482 g/mol. The third kappa shape index (κ3) is 5.50. The van der Waals surface area contributed by atoms with Gasteiger partial charge in [0.05, 0.1) is 23.8 Å². The molecule has 2 aromatic carbocycles. The largest absolute Gasteiger partial charge is 0.495 e. The molecule has 2 N–H and O–H groups in total. The highest BCUT2D eigenvalue weighted by Gasteiger charge is 2.25. The third-order valence-corrected chi connectivity index (χ3v) is 6.38. The molecule has 0 radical (unpaired) electrons. The highest BCUT2D eigenvalue weighted by atomic mass is 79.9. The molecule has 1 heterocycles. The van der Waals surface area contributed by atoms with Gasteiger partial charge >= 0.3 is 0 Å². The highest BCUT2D eigenvalue weighted by molar-refractivity contribution is 9.10. The number of aromatic nitrogens is 2. The first kappa shape index (κ1) is 25.1. The summed E-state index contributed by atoms with van der Waals surface area (Å²) in [7, 11) is 7.27. The molecule has 0 spiro atoms. The monoisotopic (exact) mass is 515 g/mol. The van der Waals surface area contributed by atoms with Crippen LogP contribution >= 0.6 is 15.9 Å². The fourth-order valence-electron chi connectivity index (χ4n) is 3.99. The van der Waals surface area contributed by atoms with Crippen LogP contribution in [-0.4, -0.2) is 48.1 Å². The van der Waals surface area contributed by atoms with Gasteiger partial charge in [-0.05, 0) is 63.1 Å². The maximum Gasteiger partial charge on any atom is 0.222 e. The van der Waals surface area contributed by atoms with Gasteiger partial charge in [-0.25, -0.2) is 4.98 Å². The van der Waals surface area contributed by atoms with Crippen LogP contribution < -0.4 is 15.4 Å². The number of nitrogens with one attached hydrogen (secondary N) is 2. The number of carbonyl (C=O) groups excluding carboxylic acids is 1. The highest BCUT2D eigenvalue weighted by Crippen LogP contribution is 2.36. The zero-order valence-electron chi connectivity index (χ0n) is 20.5. The summed E-state index contributed by atoms with van der Waals surface area (Å²) in [4.78, 5) is 18.4. The van der Waals surface area contributed by atoms with Gasteiger partial charge in [0, 0.05) is 37.6 Å². The van der Waals surface area contributed by atoms with E-state index in [0.717, 1.165) is 57.0 Å². The number of methoxy groups -OCH3 is 1. The standard InChI is InChI=1S/C25H34BrN5O2/c1-16-14-17(26)15-20(33-7)22(16)29-24-28-19-11-8-10-18(23(19)31(24)6)25(2,3)27-13-9-12-21(32)30(4)5/h8,10-11,14-15,27H,9,12-13H2,1-7H3,(H,28,29). The number of nitrogens with zero attached hydrogens (tertiary/aromatic N) is 3. The van der Waals surface area contributed by atoms with Crippen molar-refractivity contribution in [2.45, 2.75) is 39.2 Å². The average molecular weight is 516 g/mol. The number of anilines is 2. The Morgan fingerprint density at radius 2 is 2.00 bits per heavy atom. The van der Waals surface area contributed by atoms with Crippen molar-refractivity contribution >= 4 is 44.5 Å². The van der Waals surface area contributed by atoms with Crippen molar-refractivity contribution in [2.75, 3.05) is 33.1 Å². The lowest BCUT2D eigenvalue weighted by Gasteiger charge is -2.28. The smallest absolute Gasteiger partial charge is 0.222 e. The van der Waals surface area contributed by atoms with Crippen LogP contribution in [0.2, 0.25) is 0 Å². The molecule has 33 heavy (non-hydrogen) atoms. The molecule has 8 heteroatoms. The lowest BCUT2D eigenvalue weighted by Crippen LogP contribution is -2.38. The summed E-state index contributed by atoms with van der Waals surface area (Å²) in [5.74, 6) is 1.65. The van der Waals surface area contributed by atoms with Crippen LogP contribution in [0.3, 0.4) is 0 Å². The normalized spacial score (nSPS) is 11.6. The summed E-state index contributed by atoms with van der Waals surface area (Å²) in [6, 6.07) is 10.2. The lowest BCUT2D eigenvalue weighted by molar-refractivity contribution is -0.128. The van der Waals surface area contributed by atoms with E-state index in [1.165, 1.54) is 0 Å². The van der Waals surface area contributed by atoms with E-state index in [1.807, 2.05) is 38.2 Å². The maximum absolute atomic E-state index is 11.9. The van der Waals surface area contributed by atoms with E-state index in [4.69, 9.17) is 9.72 Å². The number of para-hydroxylation sites is 1. The molecule has 0 saturated heterocycles. The maximum atomic E-state index is 11.9. The first-order valence-electron chi connectivity index (χ1n) is 11.1. The predicted molar refractivity (Wildman–Crippen MR) is 138 cm³/mol. The second kappa shape index (κ2) is 10.1. The SMILES string of the molecule is COc1cc(Br)cc(C)c1Nc1nc2cccc(C(C)(C)NCCCC(=O)N(C)C)c2n1C. The number of imidazole rings is 1. The summed E-state index contributed by atoms with van der Waals surface area (Å²) in [6.45, 7) is 7.12. The van der Waals surface area contributed by atoms with Crippen molar-refractivity contribution in [3.8, 4) is 5.75 Å². The van der Waals surface area contributed by atoms with Crippen LogP contribution in [0, 0.1) is 6.92 Å². The van der Waals surface area contributed by atoms with Crippen LogP contribution in [0.1, 0.15) is 37.8 Å². The number of amides is 1. The Bertz CT molecular complexity index is 1150. The molecule has 3 rings (SSSR count). The number of hydrogen-bond acceptors (Lipinski definition) is 5. The van der Waals surface area contributed by atoms with E-state index >= 15 is 0 Å². The van der Waals surface area contributed by atoms with Crippen LogP contribution in [0.15, 0.2) is 34.8 Å². The van der Waals surface area contributed by atoms with Crippen molar-refractivity contribution < 1.29 is 9.53 Å². The van der Waals surface area contributed by atoms with Crippen LogP contribution in [-0.2, 0) is 17.4 Å². The topological polar surface area (TPSA) is 71.4 Å². The third-order valence-electron chi connectivity index (χ3n) is 5.92. The van der Waals surface area contributed by atoms with Gasteiger partial charge in [-0.2, -0.15) is 0 Å². The molecule has 3 aromatic rings. The van der Waals surface area contributed by atoms with Gasteiger partial charge in [-0.15, -0.1) is 0 Å². The number of benzene rings is 2. The Morgan fingerprint density at radius 1 is 1.27 bits per heavy atom. The van der Waals surface area contributed by atoms with Gasteiger partial charge in [0.1, 0.15) is 5.75 Å². The number of carbonyl (C=O) groups is 1. The van der Waals surface area contributed by atoms with E-state index in [9.17, 15) is 4.79 Å². The minimum absolute atomic E-state index is 0.151. The molecule has 7 nitrogen and oxygen atoms in total. The van der Waals surface area contributed by atoms with Gasteiger partial charge < -0.3 is 24.8 Å². The Labute approximate surface area is 204 Å². The number of hydrogen-bond donors (Lipinski definition) is 2. The molecule has 0 atom stereocenters. The van der Waals surface area contributed by atoms with Crippen molar-refractivity contribution in [3.05, 3.63) is 45.9 Å². The second-order valence-electron chi connectivity index (χ2n) is 9.04. The summed E-state index contributed by atoms with van der Waals surface area (Å²) in [5, 5.41) is 7.10. The van der Waals surface area contributed by atoms with Crippen LogP contribution in [0.5, 0.6) is 5.75 Å². The van der Waals surface area contributed by atoms with Crippen molar-refractivity contribution in [2.24, 2.45) is 7.05 Å². The Hall–Kier alpha value is -2.58. The number of ether oxygens (including phenoxy) is 1. The summed E-state index contributed by atoms with van der Waals surface area (Å²) in [5.41, 5.74) is 4.80. The number of halogens is 1. The average Bonchev–Trinajstić information content (AvgIpc) is 3.08. The molecule has 1 amide bonds. The molecular formula is C25H34BrN5O2. The minimum Gasteiger partial charge on any atom is -0.495 e. The molecule has 1 aromatic heterocycles. The van der Waals surface area contributed by atoms with E-state index < -0.39 is 0 Å². The first-order chi connectivity index (χ1) is 15.5. The number of fused-ring (bicyclic) bond motifs is 1. The van der Waals surface area contributed by atoms with Gasteiger partial charge in [0.15, 0.2) is 0 Å². The van der Waals surface area contributed by atoms with Crippen molar-refractivity contribution in [3.63, 3.8) is 0 Å². The second-order valence-corrected chi connectivity index (χ2v) is 9.95. The van der Waals surface area contributed by atoms with E-state index in [1.54, 1.807) is 26.1 Å². The first-order valence-corrected chi connectivity index (χ1v) is 11.9. The molecule has 0 aliphatic carbocycles. The fourth-order valence-corrected chi connectivity index (χ4v) is 4.54. The Kier molecular flexibility index (Phi) is 7.69. The molecule has 0 unspecified atom stereocenters. The van der Waals surface area contributed by atoms with Crippen molar-refractivity contribution in [1.82, 2.24) is 19.8 Å². The molecule has 0 saturated carbocycles. The van der Waals surface area contributed by atoms with Gasteiger partial charge in [-0.3, -0.25) is 4.79 Å². The molecule has 0 aliphatic heterocycles. The van der Waals surface area contributed by atoms with Crippen LogP contribution in [0.4, 0.5) is 11.6 Å². The lowest BCUT2D eigenvalue weighted by atomic mass is 9.92. The molecule has 0 bridgehead atoms. The number of rotatable bonds is 9. The van der Waals surface area contributed by atoms with Crippen molar-refractivity contribution in [1.29, 1.82) is 0 Å². The van der Waals surface area contributed by atoms with Gasteiger partial charge in [0.2, 0.25) is 11.9 Å². The summed E-state index contributed by atoms with van der Waals surface area (Å²) < 4.78 is 8.65. The Balaban J connectivity index is 1.89. The van der Waals surface area contributed by atoms with E-state index in [0.29, 0.717) is 6.42 Å². The van der Waals surface area contributed by atoms with E-state index in [-0.39, 0.29) is 11.4 Å². The fraction of sp³-hybridized carbons (Fsp3) is 0.440.